The molecule has 0 aliphatic carbocycles. The lowest BCUT2D eigenvalue weighted by atomic mass is 10.0. The molecule has 0 radical (unpaired) electrons. The standard InChI is InChI=1S/C14H25N3O2/c1-10(2)14(12(5)18)16-13(19)9-17(11(3)4)8-6-7-15/h10-11,14H,6,8-9H2,1-5H3,(H,16,19). The van der Waals surface area contributed by atoms with Gasteiger partial charge >= 0.3 is 0 Å². The van der Waals surface area contributed by atoms with Crippen LogP contribution in [0.5, 0.6) is 0 Å². The summed E-state index contributed by atoms with van der Waals surface area (Å²) in [6.07, 6.45) is 0.395. The van der Waals surface area contributed by atoms with Gasteiger partial charge in [-0.3, -0.25) is 14.5 Å². The molecule has 19 heavy (non-hydrogen) atoms. The number of nitrogens with one attached hydrogen (secondary N) is 1. The van der Waals surface area contributed by atoms with Crippen LogP contribution in [-0.4, -0.2) is 41.8 Å². The maximum absolute atomic E-state index is 12.0. The average molecular weight is 267 g/mol. The van der Waals surface area contributed by atoms with Gasteiger partial charge in [0.25, 0.3) is 0 Å². The summed E-state index contributed by atoms with van der Waals surface area (Å²) >= 11 is 0. The number of amides is 1. The van der Waals surface area contributed by atoms with Crippen LogP contribution in [0.4, 0.5) is 0 Å². The van der Waals surface area contributed by atoms with Crippen LogP contribution in [0.1, 0.15) is 41.0 Å². The molecule has 0 heterocycles. The van der Waals surface area contributed by atoms with E-state index in [0.717, 1.165) is 0 Å². The van der Waals surface area contributed by atoms with Crippen molar-refractivity contribution in [2.75, 3.05) is 13.1 Å². The Balaban J connectivity index is 4.48. The van der Waals surface area contributed by atoms with Crippen molar-refractivity contribution in [3.05, 3.63) is 0 Å². The third kappa shape index (κ3) is 6.92. The van der Waals surface area contributed by atoms with Crippen LogP contribution in [-0.2, 0) is 9.59 Å². The van der Waals surface area contributed by atoms with Crippen molar-refractivity contribution in [2.24, 2.45) is 5.92 Å². The fourth-order valence-electron chi connectivity index (χ4n) is 1.85. The predicted octanol–water partition coefficient (Wildman–Crippen LogP) is 1.34. The molecule has 0 fully saturated rings. The summed E-state index contributed by atoms with van der Waals surface area (Å²) in [5.41, 5.74) is 0. The van der Waals surface area contributed by atoms with E-state index in [-0.39, 0.29) is 30.2 Å². The summed E-state index contributed by atoms with van der Waals surface area (Å²) in [5.74, 6) is -0.120. The van der Waals surface area contributed by atoms with E-state index >= 15 is 0 Å². The number of Topliss-reactive ketones (excluding diaryl/α,β-unsaturated/α-hetero) is 1. The lowest BCUT2D eigenvalue weighted by molar-refractivity contribution is -0.128. The monoisotopic (exact) mass is 267 g/mol. The summed E-state index contributed by atoms with van der Waals surface area (Å²) in [4.78, 5) is 25.3. The first kappa shape index (κ1) is 17.6. The fraction of sp³-hybridized carbons (Fsp3) is 0.786. The van der Waals surface area contributed by atoms with Gasteiger partial charge in [-0.2, -0.15) is 5.26 Å². The molecule has 0 saturated heterocycles. The second-order valence-electron chi connectivity index (χ2n) is 5.37. The normalized spacial score (nSPS) is 12.6. The van der Waals surface area contributed by atoms with E-state index in [1.807, 2.05) is 32.6 Å². The SMILES string of the molecule is CC(=O)C(NC(=O)CN(CCC#N)C(C)C)C(C)C. The Morgan fingerprint density at radius 3 is 2.21 bits per heavy atom. The summed E-state index contributed by atoms with van der Waals surface area (Å²) in [7, 11) is 0. The molecule has 0 saturated carbocycles. The number of rotatable bonds is 8. The molecular formula is C14H25N3O2. The molecule has 0 aliphatic rings. The molecule has 0 aromatic rings. The number of nitrogens with zero attached hydrogens (tertiary/aromatic N) is 2. The fourth-order valence-corrected chi connectivity index (χ4v) is 1.85. The summed E-state index contributed by atoms with van der Waals surface area (Å²) in [6.45, 7) is 10.0. The summed E-state index contributed by atoms with van der Waals surface area (Å²) < 4.78 is 0. The lowest BCUT2D eigenvalue weighted by Crippen LogP contribution is -2.48. The van der Waals surface area contributed by atoms with Crippen molar-refractivity contribution in [3.8, 4) is 6.07 Å². The molecule has 5 nitrogen and oxygen atoms in total. The quantitative estimate of drug-likeness (QED) is 0.720. The molecule has 0 aromatic heterocycles. The molecular weight excluding hydrogens is 242 g/mol. The maximum atomic E-state index is 12.0. The molecule has 0 bridgehead atoms. The van der Waals surface area contributed by atoms with Gasteiger partial charge in [0.15, 0.2) is 5.78 Å². The van der Waals surface area contributed by atoms with Crippen LogP contribution in [0, 0.1) is 17.2 Å². The van der Waals surface area contributed by atoms with E-state index in [2.05, 4.69) is 11.4 Å². The smallest absolute Gasteiger partial charge is 0.234 e. The summed E-state index contributed by atoms with van der Waals surface area (Å²) in [5, 5.41) is 11.4. The van der Waals surface area contributed by atoms with Crippen LogP contribution in [0.3, 0.4) is 0 Å². The van der Waals surface area contributed by atoms with Gasteiger partial charge in [-0.1, -0.05) is 13.8 Å². The first-order valence-corrected chi connectivity index (χ1v) is 6.70. The van der Waals surface area contributed by atoms with E-state index in [4.69, 9.17) is 5.26 Å². The third-order valence-corrected chi connectivity index (χ3v) is 3.01. The van der Waals surface area contributed by atoms with E-state index in [1.165, 1.54) is 6.92 Å². The molecule has 1 amide bonds. The Morgan fingerprint density at radius 2 is 1.84 bits per heavy atom. The van der Waals surface area contributed by atoms with Crippen molar-refractivity contribution < 1.29 is 9.59 Å². The topological polar surface area (TPSA) is 73.2 Å². The van der Waals surface area contributed by atoms with Crippen molar-refractivity contribution >= 4 is 11.7 Å². The van der Waals surface area contributed by atoms with Gasteiger partial charge in [0.2, 0.25) is 5.91 Å². The maximum Gasteiger partial charge on any atom is 0.234 e. The highest BCUT2D eigenvalue weighted by Gasteiger charge is 2.22. The van der Waals surface area contributed by atoms with Crippen molar-refractivity contribution in [1.82, 2.24) is 10.2 Å². The molecule has 5 heteroatoms. The molecule has 0 rings (SSSR count). The summed E-state index contributed by atoms with van der Waals surface area (Å²) in [6, 6.07) is 1.83. The van der Waals surface area contributed by atoms with E-state index in [9.17, 15) is 9.59 Å². The number of hydrogen-bond acceptors (Lipinski definition) is 4. The van der Waals surface area contributed by atoms with Gasteiger partial charge in [-0.15, -0.1) is 0 Å². The Bertz CT molecular complexity index is 345. The van der Waals surface area contributed by atoms with E-state index < -0.39 is 6.04 Å². The number of hydrogen-bond donors (Lipinski definition) is 1. The zero-order chi connectivity index (χ0) is 15.0. The second kappa shape index (κ2) is 8.65. The Kier molecular flexibility index (Phi) is 8.01. The minimum Gasteiger partial charge on any atom is -0.345 e. The lowest BCUT2D eigenvalue weighted by Gasteiger charge is -2.26. The molecule has 108 valence electrons. The predicted molar refractivity (Wildman–Crippen MR) is 74.4 cm³/mol. The van der Waals surface area contributed by atoms with Crippen LogP contribution in [0.25, 0.3) is 0 Å². The minimum atomic E-state index is -0.433. The van der Waals surface area contributed by atoms with Crippen molar-refractivity contribution in [1.29, 1.82) is 5.26 Å². The van der Waals surface area contributed by atoms with Crippen LogP contribution in [0.2, 0.25) is 0 Å². The number of ketones is 1. The largest absolute Gasteiger partial charge is 0.345 e. The van der Waals surface area contributed by atoms with Gasteiger partial charge in [0.1, 0.15) is 0 Å². The van der Waals surface area contributed by atoms with Crippen LogP contribution < -0.4 is 5.32 Å². The molecule has 1 N–H and O–H groups in total. The van der Waals surface area contributed by atoms with Gasteiger partial charge in [-0.05, 0) is 26.7 Å². The zero-order valence-corrected chi connectivity index (χ0v) is 12.6. The molecule has 0 aliphatic heterocycles. The van der Waals surface area contributed by atoms with Crippen LogP contribution in [0.15, 0.2) is 0 Å². The Labute approximate surface area is 116 Å². The van der Waals surface area contributed by atoms with Crippen molar-refractivity contribution in [3.63, 3.8) is 0 Å². The minimum absolute atomic E-state index is 0.0310. The highest BCUT2D eigenvalue weighted by atomic mass is 16.2. The first-order chi connectivity index (χ1) is 8.79. The van der Waals surface area contributed by atoms with E-state index in [1.54, 1.807) is 0 Å². The molecule has 0 aromatic carbocycles. The van der Waals surface area contributed by atoms with Crippen molar-refractivity contribution in [2.45, 2.75) is 53.1 Å². The van der Waals surface area contributed by atoms with Gasteiger partial charge in [-0.25, -0.2) is 0 Å². The van der Waals surface area contributed by atoms with E-state index in [0.29, 0.717) is 13.0 Å². The van der Waals surface area contributed by atoms with Gasteiger partial charge in [0, 0.05) is 19.0 Å². The molecule has 1 unspecified atom stereocenters. The first-order valence-electron chi connectivity index (χ1n) is 6.70. The number of nitriles is 1. The Hall–Kier alpha value is -1.41. The number of carbonyl (C=O) groups is 2. The number of carbonyl (C=O) groups excluding carboxylic acids is 2. The zero-order valence-electron chi connectivity index (χ0n) is 12.6. The highest BCUT2D eigenvalue weighted by molar-refractivity contribution is 5.88. The molecule has 0 spiro atoms. The Morgan fingerprint density at radius 1 is 1.26 bits per heavy atom. The molecule has 1 atom stereocenters. The van der Waals surface area contributed by atoms with Gasteiger partial charge in [0.05, 0.1) is 18.7 Å². The van der Waals surface area contributed by atoms with Crippen LogP contribution >= 0.6 is 0 Å². The second-order valence-corrected chi connectivity index (χ2v) is 5.37. The average Bonchev–Trinajstić information content (AvgIpc) is 2.30. The highest BCUT2D eigenvalue weighted by Crippen LogP contribution is 2.04. The third-order valence-electron chi connectivity index (χ3n) is 3.01. The van der Waals surface area contributed by atoms with Gasteiger partial charge < -0.3 is 5.32 Å².